The van der Waals surface area contributed by atoms with E-state index in [2.05, 4.69) is 15.4 Å². The third-order valence-electron chi connectivity index (χ3n) is 3.79. The lowest BCUT2D eigenvalue weighted by molar-refractivity contribution is -0.127. The molecule has 1 amide bonds. The number of ether oxygens (including phenoxy) is 2. The van der Waals surface area contributed by atoms with Gasteiger partial charge in [-0.05, 0) is 13.3 Å². The summed E-state index contributed by atoms with van der Waals surface area (Å²) in [5.41, 5.74) is 9.28. The monoisotopic (exact) mass is 351 g/mol. The number of nitrogens with two attached hydrogens (primary N) is 1. The Morgan fingerprint density at radius 3 is 3.21 bits per heavy atom. The summed E-state index contributed by atoms with van der Waals surface area (Å²) in [7, 11) is 0. The molecule has 0 saturated carbocycles. The van der Waals surface area contributed by atoms with Crippen LogP contribution in [0, 0.1) is 6.92 Å². The molecule has 2 atom stereocenters. The van der Waals surface area contributed by atoms with Gasteiger partial charge in [-0.15, -0.1) is 11.3 Å². The van der Waals surface area contributed by atoms with Gasteiger partial charge in [-0.3, -0.25) is 4.79 Å². The maximum Gasteiger partial charge on any atom is 0.242 e. The minimum absolute atomic E-state index is 0.0784. The number of amides is 1. The van der Waals surface area contributed by atoms with Gasteiger partial charge in [0.05, 0.1) is 42.3 Å². The Balaban J connectivity index is 1.54. The van der Waals surface area contributed by atoms with Crippen LogP contribution in [0.15, 0.2) is 17.0 Å². The fourth-order valence-corrected chi connectivity index (χ4v) is 3.18. The van der Waals surface area contributed by atoms with Crippen molar-refractivity contribution in [3.63, 3.8) is 0 Å². The van der Waals surface area contributed by atoms with Crippen LogP contribution < -0.4 is 11.1 Å². The van der Waals surface area contributed by atoms with Gasteiger partial charge in [0.1, 0.15) is 12.4 Å². The van der Waals surface area contributed by atoms with Crippen molar-refractivity contribution in [3.8, 4) is 0 Å². The highest BCUT2D eigenvalue weighted by Gasteiger charge is 2.28. The van der Waals surface area contributed by atoms with E-state index in [1.165, 1.54) is 16.0 Å². The highest BCUT2D eigenvalue weighted by molar-refractivity contribution is 7.07. The van der Waals surface area contributed by atoms with Crippen molar-refractivity contribution in [1.82, 2.24) is 20.1 Å². The minimum atomic E-state index is -0.192. The number of anilines is 1. The Bertz CT molecular complexity index is 673. The molecule has 1 saturated heterocycles. The van der Waals surface area contributed by atoms with Gasteiger partial charge in [-0.1, -0.05) is 0 Å². The average molecular weight is 351 g/mol. The molecule has 1 aliphatic heterocycles. The third-order valence-corrected chi connectivity index (χ3v) is 4.43. The molecule has 2 aromatic rings. The molecule has 8 nitrogen and oxygen atoms in total. The number of aryl methyl sites for hydroxylation is 1. The summed E-state index contributed by atoms with van der Waals surface area (Å²) in [4.78, 5) is 16.5. The first-order valence-electron chi connectivity index (χ1n) is 7.77. The molecule has 0 radical (unpaired) electrons. The number of nitrogen functional groups attached to an aromatic ring is 1. The summed E-state index contributed by atoms with van der Waals surface area (Å²) in [5, 5.41) is 9.11. The van der Waals surface area contributed by atoms with E-state index >= 15 is 0 Å². The molecule has 1 aliphatic rings. The summed E-state index contributed by atoms with van der Waals surface area (Å²) in [5.74, 6) is 0.307. The molecule has 0 unspecified atom stereocenters. The number of nitrogens with zero attached hydrogens (tertiary/aromatic N) is 3. The third kappa shape index (κ3) is 4.31. The van der Waals surface area contributed by atoms with Crippen LogP contribution in [-0.2, 0) is 27.4 Å². The van der Waals surface area contributed by atoms with Crippen molar-refractivity contribution in [3.05, 3.63) is 28.3 Å². The Morgan fingerprint density at radius 2 is 2.50 bits per heavy atom. The number of nitrogens with one attached hydrogen (secondary N) is 1. The number of aromatic nitrogens is 3. The van der Waals surface area contributed by atoms with Gasteiger partial charge in [-0.2, -0.15) is 5.10 Å². The highest BCUT2D eigenvalue weighted by Crippen LogP contribution is 2.15. The van der Waals surface area contributed by atoms with E-state index in [0.717, 1.165) is 17.8 Å². The van der Waals surface area contributed by atoms with Gasteiger partial charge < -0.3 is 20.5 Å². The number of thiazole rings is 1. The number of carbonyl (C=O) groups is 1. The molecule has 0 bridgehead atoms. The molecule has 130 valence electrons. The van der Waals surface area contributed by atoms with Crippen LogP contribution in [0.3, 0.4) is 0 Å². The molecule has 3 N–H and O–H groups in total. The van der Waals surface area contributed by atoms with Crippen molar-refractivity contribution in [1.29, 1.82) is 0 Å². The van der Waals surface area contributed by atoms with E-state index in [1.807, 2.05) is 12.3 Å². The van der Waals surface area contributed by atoms with Crippen LogP contribution in [0.2, 0.25) is 0 Å². The largest absolute Gasteiger partial charge is 0.384 e. The van der Waals surface area contributed by atoms with Crippen molar-refractivity contribution in [2.45, 2.75) is 38.6 Å². The first-order chi connectivity index (χ1) is 11.6. The number of hydrogen-bond acceptors (Lipinski definition) is 7. The van der Waals surface area contributed by atoms with E-state index in [4.69, 9.17) is 15.2 Å². The van der Waals surface area contributed by atoms with Crippen LogP contribution in [-0.4, -0.2) is 46.0 Å². The quantitative estimate of drug-likeness (QED) is 0.795. The zero-order chi connectivity index (χ0) is 16.9. The lowest BCUT2D eigenvalue weighted by Crippen LogP contribution is -2.51. The lowest BCUT2D eigenvalue weighted by atomic mass is 10.1. The molecule has 1 fully saturated rings. The van der Waals surface area contributed by atoms with Crippen LogP contribution >= 0.6 is 11.3 Å². The van der Waals surface area contributed by atoms with Crippen molar-refractivity contribution in [2.24, 2.45) is 0 Å². The van der Waals surface area contributed by atoms with Gasteiger partial charge in [0, 0.05) is 18.1 Å². The Morgan fingerprint density at radius 1 is 1.62 bits per heavy atom. The Labute approximate surface area is 144 Å². The van der Waals surface area contributed by atoms with Gasteiger partial charge in [0.2, 0.25) is 5.91 Å². The number of rotatable bonds is 6. The second-order valence-corrected chi connectivity index (χ2v) is 6.45. The first kappa shape index (κ1) is 16.9. The predicted octanol–water partition coefficient (Wildman–Crippen LogP) is 0.721. The molecule has 2 aromatic heterocycles. The number of hydrogen-bond donors (Lipinski definition) is 2. The zero-order valence-corrected chi connectivity index (χ0v) is 14.3. The second-order valence-electron chi connectivity index (χ2n) is 5.74. The maximum atomic E-state index is 12.3. The Hall–Kier alpha value is -1.97. The minimum Gasteiger partial charge on any atom is -0.384 e. The summed E-state index contributed by atoms with van der Waals surface area (Å²) < 4.78 is 12.9. The maximum absolute atomic E-state index is 12.3. The number of carbonyl (C=O) groups excluding carboxylic acids is 1. The van der Waals surface area contributed by atoms with Gasteiger partial charge in [-0.25, -0.2) is 9.67 Å². The van der Waals surface area contributed by atoms with E-state index in [1.54, 1.807) is 11.6 Å². The zero-order valence-electron chi connectivity index (χ0n) is 13.5. The van der Waals surface area contributed by atoms with Gasteiger partial charge >= 0.3 is 0 Å². The van der Waals surface area contributed by atoms with Crippen LogP contribution in [0.25, 0.3) is 0 Å². The summed E-state index contributed by atoms with van der Waals surface area (Å²) in [6.07, 6.45) is 0.638. The average Bonchev–Trinajstić information content (AvgIpc) is 3.16. The van der Waals surface area contributed by atoms with Crippen molar-refractivity contribution in [2.75, 3.05) is 18.9 Å². The summed E-state index contributed by atoms with van der Waals surface area (Å²) >= 11 is 1.54. The Kier molecular flexibility index (Phi) is 5.44. The summed E-state index contributed by atoms with van der Waals surface area (Å²) in [6.45, 7) is 3.41. The summed E-state index contributed by atoms with van der Waals surface area (Å²) in [6, 6.07) is 1.54. The fraction of sp³-hybridized carbons (Fsp3) is 0.533. The molecule has 0 aromatic carbocycles. The van der Waals surface area contributed by atoms with Crippen LogP contribution in [0.1, 0.15) is 17.8 Å². The first-order valence-corrected chi connectivity index (χ1v) is 8.72. The van der Waals surface area contributed by atoms with E-state index < -0.39 is 0 Å². The molecular formula is C15H21N5O3S. The fourth-order valence-electron chi connectivity index (χ4n) is 2.63. The molecule has 3 rings (SSSR count). The topological polar surface area (TPSA) is 104 Å². The smallest absolute Gasteiger partial charge is 0.242 e. The van der Waals surface area contributed by atoms with Crippen molar-refractivity contribution < 1.29 is 14.3 Å². The van der Waals surface area contributed by atoms with Crippen LogP contribution in [0.5, 0.6) is 0 Å². The standard InChI is InChI=1S/C15H21N5O3S/c1-10-4-14(16)20(19-10)5-15(21)18-12-7-22-3-2-13(12)23-6-11-8-24-9-17-11/h4,8-9,12-13H,2-3,5-7,16H2,1H3,(H,18,21)/t12-,13+/m1/s1. The predicted molar refractivity (Wildman–Crippen MR) is 89.4 cm³/mol. The molecule has 0 aliphatic carbocycles. The molecule has 0 spiro atoms. The molecule has 24 heavy (non-hydrogen) atoms. The lowest BCUT2D eigenvalue weighted by Gasteiger charge is -2.32. The van der Waals surface area contributed by atoms with E-state index in [0.29, 0.717) is 25.6 Å². The van der Waals surface area contributed by atoms with E-state index in [9.17, 15) is 4.79 Å². The van der Waals surface area contributed by atoms with E-state index in [-0.39, 0.29) is 24.6 Å². The molecule has 3 heterocycles. The second kappa shape index (κ2) is 7.73. The van der Waals surface area contributed by atoms with Gasteiger partial charge in [0.25, 0.3) is 0 Å². The van der Waals surface area contributed by atoms with Gasteiger partial charge in [0.15, 0.2) is 0 Å². The van der Waals surface area contributed by atoms with Crippen molar-refractivity contribution >= 4 is 23.1 Å². The highest BCUT2D eigenvalue weighted by atomic mass is 32.1. The SMILES string of the molecule is Cc1cc(N)n(CC(=O)N[C@@H]2COCC[C@@H]2OCc2cscn2)n1. The normalized spacial score (nSPS) is 20.9. The van der Waals surface area contributed by atoms with Crippen LogP contribution in [0.4, 0.5) is 5.82 Å². The molecule has 9 heteroatoms. The molecular weight excluding hydrogens is 330 g/mol.